The molecule has 0 aromatic heterocycles. The summed E-state index contributed by atoms with van der Waals surface area (Å²) in [6.07, 6.45) is 2.52. The number of piperidine rings is 1. The summed E-state index contributed by atoms with van der Waals surface area (Å²) in [5.74, 6) is -1.49. The van der Waals surface area contributed by atoms with Crippen LogP contribution in [0.25, 0.3) is 0 Å². The number of benzene rings is 1. The summed E-state index contributed by atoms with van der Waals surface area (Å²) in [5, 5.41) is 9.05. The van der Waals surface area contributed by atoms with Gasteiger partial charge in [-0.05, 0) is 50.3 Å². The first-order valence-electron chi connectivity index (χ1n) is 8.43. The van der Waals surface area contributed by atoms with Crippen molar-refractivity contribution < 1.29 is 23.1 Å². The minimum absolute atomic E-state index is 0.000464. The number of aliphatic carboxylic acids is 1. The van der Waals surface area contributed by atoms with Crippen molar-refractivity contribution in [1.82, 2.24) is 9.62 Å². The number of sulfonamides is 1. The van der Waals surface area contributed by atoms with E-state index in [0.29, 0.717) is 37.1 Å². The number of carboxylic acid groups (broad SMARTS) is 1. The Labute approximate surface area is 147 Å². The number of aryl methyl sites for hydroxylation is 1. The summed E-state index contributed by atoms with van der Waals surface area (Å²) < 4.78 is 27.3. The van der Waals surface area contributed by atoms with Crippen LogP contribution < -0.4 is 4.72 Å². The van der Waals surface area contributed by atoms with Crippen molar-refractivity contribution in [3.63, 3.8) is 0 Å². The first-order valence-corrected chi connectivity index (χ1v) is 9.91. The molecule has 1 saturated heterocycles. The van der Waals surface area contributed by atoms with E-state index in [2.05, 4.69) is 4.72 Å². The zero-order valence-corrected chi connectivity index (χ0v) is 14.9. The molecule has 1 saturated carbocycles. The van der Waals surface area contributed by atoms with Crippen molar-refractivity contribution in [1.29, 1.82) is 0 Å². The van der Waals surface area contributed by atoms with Gasteiger partial charge in [0.25, 0.3) is 5.91 Å². The van der Waals surface area contributed by atoms with Crippen molar-refractivity contribution in [2.24, 2.45) is 5.92 Å². The monoisotopic (exact) mass is 366 g/mol. The molecule has 1 aliphatic heterocycles. The average Bonchev–Trinajstić information content (AvgIpc) is 3.37. The van der Waals surface area contributed by atoms with Crippen LogP contribution in [-0.2, 0) is 14.8 Å². The zero-order chi connectivity index (χ0) is 18.2. The van der Waals surface area contributed by atoms with Crippen molar-refractivity contribution in [3.8, 4) is 0 Å². The van der Waals surface area contributed by atoms with E-state index in [0.717, 1.165) is 12.8 Å². The molecule has 0 spiro atoms. The van der Waals surface area contributed by atoms with Crippen LogP contribution in [-0.4, -0.2) is 49.4 Å². The Balaban J connectivity index is 1.78. The third-order valence-corrected chi connectivity index (χ3v) is 6.30. The maximum atomic E-state index is 12.8. The van der Waals surface area contributed by atoms with Gasteiger partial charge in [-0.15, -0.1) is 0 Å². The molecule has 0 atom stereocenters. The molecule has 8 heteroatoms. The molecule has 2 fully saturated rings. The number of carboxylic acids is 1. The maximum Gasteiger partial charge on any atom is 0.306 e. The van der Waals surface area contributed by atoms with Gasteiger partial charge in [0.15, 0.2) is 0 Å². The second kappa shape index (κ2) is 6.76. The summed E-state index contributed by atoms with van der Waals surface area (Å²) >= 11 is 0. The number of likely N-dealkylation sites (tertiary alicyclic amines) is 1. The molecule has 2 N–H and O–H groups in total. The molecule has 0 unspecified atom stereocenters. The van der Waals surface area contributed by atoms with Crippen molar-refractivity contribution >= 4 is 21.9 Å². The minimum atomic E-state index is -3.62. The lowest BCUT2D eigenvalue weighted by molar-refractivity contribution is -0.143. The first kappa shape index (κ1) is 17.9. The largest absolute Gasteiger partial charge is 0.481 e. The van der Waals surface area contributed by atoms with Gasteiger partial charge in [-0.2, -0.15) is 0 Å². The van der Waals surface area contributed by atoms with Crippen LogP contribution in [0.15, 0.2) is 23.1 Å². The number of carbonyl (C=O) groups excluding carboxylic acids is 1. The Bertz CT molecular complexity index is 793. The number of rotatable bonds is 5. The second-order valence-electron chi connectivity index (χ2n) is 6.78. The number of nitrogens with one attached hydrogen (secondary N) is 1. The fourth-order valence-corrected chi connectivity index (χ4v) is 4.32. The van der Waals surface area contributed by atoms with Crippen molar-refractivity contribution in [2.45, 2.75) is 43.5 Å². The molecular weight excluding hydrogens is 344 g/mol. The average molecular weight is 366 g/mol. The topological polar surface area (TPSA) is 104 Å². The molecule has 0 radical (unpaired) electrons. The summed E-state index contributed by atoms with van der Waals surface area (Å²) in [7, 11) is -3.62. The number of hydrogen-bond acceptors (Lipinski definition) is 4. The van der Waals surface area contributed by atoms with Crippen LogP contribution in [0.4, 0.5) is 0 Å². The molecular formula is C17H22N2O5S. The van der Waals surface area contributed by atoms with E-state index in [1.165, 1.54) is 12.1 Å². The highest BCUT2D eigenvalue weighted by molar-refractivity contribution is 7.89. The van der Waals surface area contributed by atoms with Crippen molar-refractivity contribution in [3.05, 3.63) is 29.3 Å². The lowest BCUT2D eigenvalue weighted by Crippen LogP contribution is -2.40. The van der Waals surface area contributed by atoms with Gasteiger partial charge in [0, 0.05) is 24.7 Å². The summed E-state index contributed by atoms with van der Waals surface area (Å²) in [4.78, 5) is 25.5. The van der Waals surface area contributed by atoms with Crippen LogP contribution in [0.2, 0.25) is 0 Å². The fourth-order valence-electron chi connectivity index (χ4n) is 2.99. The van der Waals surface area contributed by atoms with Gasteiger partial charge in [0.2, 0.25) is 10.0 Å². The maximum absolute atomic E-state index is 12.8. The molecule has 3 rings (SSSR count). The van der Waals surface area contributed by atoms with E-state index < -0.39 is 21.9 Å². The number of amides is 1. The van der Waals surface area contributed by atoms with Gasteiger partial charge in [0.05, 0.1) is 10.8 Å². The lowest BCUT2D eigenvalue weighted by atomic mass is 9.96. The molecule has 136 valence electrons. The molecule has 1 aliphatic carbocycles. The summed E-state index contributed by atoms with van der Waals surface area (Å²) in [5.41, 5.74) is 1.06. The van der Waals surface area contributed by atoms with E-state index in [1.54, 1.807) is 17.9 Å². The van der Waals surface area contributed by atoms with E-state index >= 15 is 0 Å². The molecule has 0 bridgehead atoms. The SMILES string of the molecule is Cc1ccc(S(=O)(=O)NC2CC2)cc1C(=O)N1CCC(C(=O)O)CC1. The predicted octanol–water partition coefficient (Wildman–Crippen LogP) is 1.37. The van der Waals surface area contributed by atoms with Crippen LogP contribution in [0.1, 0.15) is 41.6 Å². The molecule has 25 heavy (non-hydrogen) atoms. The Morgan fingerprint density at radius 2 is 1.80 bits per heavy atom. The summed E-state index contributed by atoms with van der Waals surface area (Å²) in [6, 6.07) is 4.57. The zero-order valence-electron chi connectivity index (χ0n) is 14.1. The quantitative estimate of drug-likeness (QED) is 0.819. The molecule has 1 heterocycles. The number of nitrogens with zero attached hydrogens (tertiary/aromatic N) is 1. The highest BCUT2D eigenvalue weighted by Crippen LogP contribution is 2.25. The first-order chi connectivity index (χ1) is 11.8. The van der Waals surface area contributed by atoms with E-state index in [4.69, 9.17) is 5.11 Å². The molecule has 1 amide bonds. The third-order valence-electron chi connectivity index (χ3n) is 4.78. The smallest absolute Gasteiger partial charge is 0.306 e. The second-order valence-corrected chi connectivity index (χ2v) is 8.49. The van der Waals surface area contributed by atoms with Gasteiger partial charge in [0.1, 0.15) is 0 Å². The number of carbonyl (C=O) groups is 2. The van der Waals surface area contributed by atoms with Gasteiger partial charge < -0.3 is 10.0 Å². The highest BCUT2D eigenvalue weighted by atomic mass is 32.2. The van der Waals surface area contributed by atoms with Crippen LogP contribution in [0.3, 0.4) is 0 Å². The third kappa shape index (κ3) is 4.01. The minimum Gasteiger partial charge on any atom is -0.481 e. The van der Waals surface area contributed by atoms with Gasteiger partial charge in [-0.1, -0.05) is 6.07 Å². The summed E-state index contributed by atoms with van der Waals surface area (Å²) in [6.45, 7) is 2.50. The van der Waals surface area contributed by atoms with Crippen molar-refractivity contribution in [2.75, 3.05) is 13.1 Å². The Morgan fingerprint density at radius 3 is 2.36 bits per heavy atom. The normalized spacial score (nSPS) is 19.0. The van der Waals surface area contributed by atoms with Crippen LogP contribution in [0, 0.1) is 12.8 Å². The number of hydrogen-bond donors (Lipinski definition) is 2. The van der Waals surface area contributed by atoms with Gasteiger partial charge in [-0.25, -0.2) is 13.1 Å². The standard InChI is InChI=1S/C17H22N2O5S/c1-11-2-5-14(25(23,24)18-13-3-4-13)10-15(11)16(20)19-8-6-12(7-9-19)17(21)22/h2,5,10,12-13,18H,3-4,6-9H2,1H3,(H,21,22). The Morgan fingerprint density at radius 1 is 1.16 bits per heavy atom. The van der Waals surface area contributed by atoms with E-state index in [1.807, 2.05) is 0 Å². The predicted molar refractivity (Wildman–Crippen MR) is 90.8 cm³/mol. The van der Waals surface area contributed by atoms with E-state index in [9.17, 15) is 18.0 Å². The molecule has 1 aromatic carbocycles. The van der Waals surface area contributed by atoms with E-state index in [-0.39, 0.29) is 16.8 Å². The lowest BCUT2D eigenvalue weighted by Gasteiger charge is -2.30. The van der Waals surface area contributed by atoms with Crippen LogP contribution >= 0.6 is 0 Å². The molecule has 1 aromatic rings. The molecule has 2 aliphatic rings. The van der Waals surface area contributed by atoms with Crippen LogP contribution in [0.5, 0.6) is 0 Å². The highest BCUT2D eigenvalue weighted by Gasteiger charge is 2.30. The fraction of sp³-hybridized carbons (Fsp3) is 0.529. The van der Waals surface area contributed by atoms with Gasteiger partial charge >= 0.3 is 5.97 Å². The Kier molecular flexibility index (Phi) is 4.83. The van der Waals surface area contributed by atoms with Gasteiger partial charge in [-0.3, -0.25) is 9.59 Å². The molecule has 7 nitrogen and oxygen atoms in total. The Hall–Kier alpha value is -1.93.